The van der Waals surface area contributed by atoms with Crippen LogP contribution in [0.2, 0.25) is 0 Å². The summed E-state index contributed by atoms with van der Waals surface area (Å²) in [5.74, 6) is 0. The molecule has 8 nitrogen and oxygen atoms in total. The smallest absolute Gasteiger partial charge is 0.332 e. The molecule has 0 aliphatic rings. The van der Waals surface area contributed by atoms with E-state index in [0.717, 1.165) is 0 Å². The van der Waals surface area contributed by atoms with Crippen LogP contribution in [0.4, 0.5) is 9.59 Å². The molecule has 0 bridgehead atoms. The van der Waals surface area contributed by atoms with Gasteiger partial charge in [-0.15, -0.1) is 0 Å². The van der Waals surface area contributed by atoms with Crippen molar-refractivity contribution in [3.05, 3.63) is 0 Å². The number of nitrogens with two attached hydrogens (primary N) is 2. The summed E-state index contributed by atoms with van der Waals surface area (Å²) in [5.41, 5.74) is 14.7. The number of carbonyl (C=O) groups excluding carboxylic acids is 2. The number of nitrogens with one attached hydrogen (secondary N) is 2. The fourth-order valence-corrected chi connectivity index (χ4v) is 0.742. The second-order valence-corrected chi connectivity index (χ2v) is 2.56. The number of hydrogen-bond donors (Lipinski definition) is 4. The number of amides is 4. The monoisotopic (exact) mass is 214 g/mol. The summed E-state index contributed by atoms with van der Waals surface area (Å²) in [6.45, 7) is 3.42. The maximum absolute atomic E-state index is 10.4. The van der Waals surface area contributed by atoms with Crippen LogP contribution in [-0.2, 0) is 0 Å². The summed E-state index contributed by atoms with van der Waals surface area (Å²) in [6, 6.07) is -1.54. The Labute approximate surface area is 86.8 Å². The van der Waals surface area contributed by atoms with Crippen LogP contribution in [0, 0.1) is 0 Å². The van der Waals surface area contributed by atoms with E-state index in [0.29, 0.717) is 17.8 Å². The van der Waals surface area contributed by atoms with E-state index < -0.39 is 12.1 Å². The SMILES string of the molecule is CCC(=N/NC(N)=O)/C(C)=N/NC(N)=O. The van der Waals surface area contributed by atoms with Crippen LogP contribution < -0.4 is 22.3 Å². The van der Waals surface area contributed by atoms with Crippen molar-refractivity contribution >= 4 is 23.5 Å². The number of nitrogens with zero attached hydrogens (tertiary/aromatic N) is 2. The van der Waals surface area contributed by atoms with Crippen LogP contribution in [-0.4, -0.2) is 23.5 Å². The van der Waals surface area contributed by atoms with Crippen LogP contribution in [0.3, 0.4) is 0 Å². The van der Waals surface area contributed by atoms with Crippen LogP contribution >= 0.6 is 0 Å². The summed E-state index contributed by atoms with van der Waals surface area (Å²) in [5, 5.41) is 7.33. The summed E-state index contributed by atoms with van der Waals surface area (Å²) >= 11 is 0. The standard InChI is InChI=1S/C7H14N6O2/c1-3-5(11-13-7(9)15)4(2)10-12-6(8)14/h3H2,1-2H3,(H3,8,12,14)(H3,9,13,15)/b10-4+,11-5-. The van der Waals surface area contributed by atoms with Crippen molar-refractivity contribution in [2.45, 2.75) is 20.3 Å². The number of rotatable bonds is 4. The second-order valence-electron chi connectivity index (χ2n) is 2.56. The van der Waals surface area contributed by atoms with E-state index in [4.69, 9.17) is 11.5 Å². The van der Waals surface area contributed by atoms with Gasteiger partial charge in [-0.05, 0) is 13.3 Å². The topological polar surface area (TPSA) is 135 Å². The van der Waals surface area contributed by atoms with Gasteiger partial charge >= 0.3 is 12.1 Å². The molecule has 0 saturated heterocycles. The molecule has 0 aliphatic carbocycles. The first-order chi connectivity index (χ1) is 6.97. The molecule has 0 aromatic carbocycles. The molecule has 84 valence electrons. The van der Waals surface area contributed by atoms with Gasteiger partial charge in [0.2, 0.25) is 0 Å². The number of primary amides is 2. The molecule has 0 aromatic rings. The molecule has 0 rings (SSSR count). The normalized spacial score (nSPS) is 12.1. The number of hydrogen-bond acceptors (Lipinski definition) is 4. The zero-order chi connectivity index (χ0) is 11.8. The van der Waals surface area contributed by atoms with E-state index in [9.17, 15) is 9.59 Å². The van der Waals surface area contributed by atoms with Gasteiger partial charge < -0.3 is 11.5 Å². The van der Waals surface area contributed by atoms with Gasteiger partial charge in [0, 0.05) is 0 Å². The average molecular weight is 214 g/mol. The van der Waals surface area contributed by atoms with Gasteiger partial charge in [-0.1, -0.05) is 6.92 Å². The zero-order valence-corrected chi connectivity index (χ0v) is 8.57. The van der Waals surface area contributed by atoms with Crippen LogP contribution in [0.25, 0.3) is 0 Å². The van der Waals surface area contributed by atoms with Crippen LogP contribution in [0.1, 0.15) is 20.3 Å². The molecule has 0 heterocycles. The maximum atomic E-state index is 10.4. The lowest BCUT2D eigenvalue weighted by Crippen LogP contribution is -2.29. The Kier molecular flexibility index (Phi) is 5.45. The summed E-state index contributed by atoms with van der Waals surface area (Å²) in [6.07, 6.45) is 0.524. The average Bonchev–Trinajstić information content (AvgIpc) is 2.15. The first-order valence-electron chi connectivity index (χ1n) is 4.19. The molecule has 0 atom stereocenters. The van der Waals surface area contributed by atoms with Crippen molar-refractivity contribution in [2.75, 3.05) is 0 Å². The molecule has 8 heteroatoms. The molecule has 0 spiro atoms. The largest absolute Gasteiger partial charge is 0.350 e. The van der Waals surface area contributed by atoms with Gasteiger partial charge in [-0.3, -0.25) is 0 Å². The van der Waals surface area contributed by atoms with Gasteiger partial charge in [0.05, 0.1) is 11.4 Å². The van der Waals surface area contributed by atoms with Crippen LogP contribution in [0.15, 0.2) is 10.2 Å². The quantitative estimate of drug-likeness (QED) is 0.369. The molecule has 0 fully saturated rings. The molecule has 0 saturated carbocycles. The van der Waals surface area contributed by atoms with Crippen molar-refractivity contribution in [2.24, 2.45) is 21.7 Å². The number of carbonyl (C=O) groups is 2. The Morgan fingerprint density at radius 1 is 1.13 bits per heavy atom. The fraction of sp³-hybridized carbons (Fsp3) is 0.429. The lowest BCUT2D eigenvalue weighted by molar-refractivity contribution is 0.248. The predicted octanol–water partition coefficient (Wildman–Crippen LogP) is -0.535. The highest BCUT2D eigenvalue weighted by Gasteiger charge is 2.02. The van der Waals surface area contributed by atoms with E-state index in [1.807, 2.05) is 12.3 Å². The minimum atomic E-state index is -0.771. The van der Waals surface area contributed by atoms with Gasteiger partial charge in [-0.25, -0.2) is 20.4 Å². The zero-order valence-electron chi connectivity index (χ0n) is 8.57. The molecule has 4 amide bonds. The van der Waals surface area contributed by atoms with E-state index in [1.165, 1.54) is 0 Å². The van der Waals surface area contributed by atoms with Crippen molar-refractivity contribution < 1.29 is 9.59 Å². The summed E-state index contributed by atoms with van der Waals surface area (Å²) < 4.78 is 0. The van der Waals surface area contributed by atoms with E-state index in [2.05, 4.69) is 15.6 Å². The fourth-order valence-electron chi connectivity index (χ4n) is 0.742. The second kappa shape index (κ2) is 6.35. The minimum Gasteiger partial charge on any atom is -0.350 e. The van der Waals surface area contributed by atoms with Gasteiger partial charge in [-0.2, -0.15) is 10.2 Å². The van der Waals surface area contributed by atoms with Gasteiger partial charge in [0.1, 0.15) is 0 Å². The highest BCUT2D eigenvalue weighted by Crippen LogP contribution is 1.89. The third-order valence-electron chi connectivity index (χ3n) is 1.39. The predicted molar refractivity (Wildman–Crippen MR) is 56.3 cm³/mol. The Balaban J connectivity index is 4.51. The van der Waals surface area contributed by atoms with Gasteiger partial charge in [0.15, 0.2) is 0 Å². The maximum Gasteiger partial charge on any atom is 0.332 e. The molecule has 15 heavy (non-hydrogen) atoms. The van der Waals surface area contributed by atoms with E-state index in [1.54, 1.807) is 6.92 Å². The Morgan fingerprint density at radius 2 is 1.60 bits per heavy atom. The third-order valence-corrected chi connectivity index (χ3v) is 1.39. The molecule has 0 radical (unpaired) electrons. The third kappa shape index (κ3) is 6.02. The van der Waals surface area contributed by atoms with Crippen molar-refractivity contribution in [1.82, 2.24) is 10.9 Å². The van der Waals surface area contributed by atoms with Crippen molar-refractivity contribution in [3.63, 3.8) is 0 Å². The Hall–Kier alpha value is -2.12. The minimum absolute atomic E-state index is 0.435. The van der Waals surface area contributed by atoms with Crippen molar-refractivity contribution in [1.29, 1.82) is 0 Å². The van der Waals surface area contributed by atoms with E-state index in [-0.39, 0.29) is 0 Å². The highest BCUT2D eigenvalue weighted by atomic mass is 16.2. The molecule has 6 N–H and O–H groups in total. The molecular weight excluding hydrogens is 200 g/mol. The van der Waals surface area contributed by atoms with Crippen LogP contribution in [0.5, 0.6) is 0 Å². The first kappa shape index (κ1) is 12.9. The molecular formula is C7H14N6O2. The lowest BCUT2D eigenvalue weighted by atomic mass is 10.2. The summed E-state index contributed by atoms with van der Waals surface area (Å²) in [7, 11) is 0. The highest BCUT2D eigenvalue weighted by molar-refractivity contribution is 6.41. The molecule has 0 aliphatic heterocycles. The number of urea groups is 2. The van der Waals surface area contributed by atoms with Crippen molar-refractivity contribution in [3.8, 4) is 0 Å². The van der Waals surface area contributed by atoms with Gasteiger partial charge in [0.25, 0.3) is 0 Å². The summed E-state index contributed by atoms with van der Waals surface area (Å²) in [4.78, 5) is 20.7. The Bertz CT molecular complexity index is 309. The first-order valence-corrected chi connectivity index (χ1v) is 4.19. The lowest BCUT2D eigenvalue weighted by Gasteiger charge is -2.02. The molecule has 0 unspecified atom stereocenters. The molecule has 0 aromatic heterocycles. The van der Waals surface area contributed by atoms with E-state index >= 15 is 0 Å². The Morgan fingerprint density at radius 3 is 2.00 bits per heavy atom. The number of hydrazone groups is 2.